The molecule has 1 aromatic rings. The quantitative estimate of drug-likeness (QED) is 0.324. The number of aliphatic hydroxyl groups is 1. The molecule has 1 aliphatic rings. The van der Waals surface area contributed by atoms with Crippen LogP contribution in [0.5, 0.6) is 0 Å². The summed E-state index contributed by atoms with van der Waals surface area (Å²) in [5.41, 5.74) is -0.460. The molecule has 1 saturated carbocycles. The van der Waals surface area contributed by atoms with Gasteiger partial charge < -0.3 is 19.7 Å². The molecule has 31 heavy (non-hydrogen) atoms. The molecule has 1 heterocycles. The largest absolute Gasteiger partial charge is 0.460 e. The van der Waals surface area contributed by atoms with Crippen LogP contribution in [0.4, 0.5) is 0 Å². The van der Waals surface area contributed by atoms with Gasteiger partial charge in [0.1, 0.15) is 5.60 Å². The van der Waals surface area contributed by atoms with Crippen molar-refractivity contribution in [2.75, 3.05) is 13.2 Å². The average Bonchev–Trinajstić information content (AvgIpc) is 3.24. The lowest BCUT2D eigenvalue weighted by Gasteiger charge is -2.25. The van der Waals surface area contributed by atoms with E-state index in [1.54, 1.807) is 0 Å². The Morgan fingerprint density at radius 1 is 1.29 bits per heavy atom. The lowest BCUT2D eigenvalue weighted by atomic mass is 9.84. The van der Waals surface area contributed by atoms with E-state index in [2.05, 4.69) is 15.5 Å². The molecule has 7 nitrogen and oxygen atoms in total. The molecule has 0 aromatic carbocycles. The fourth-order valence-electron chi connectivity index (χ4n) is 3.85. The Morgan fingerprint density at radius 3 is 2.65 bits per heavy atom. The van der Waals surface area contributed by atoms with E-state index in [0.29, 0.717) is 24.8 Å². The number of esters is 1. The van der Waals surface area contributed by atoms with Gasteiger partial charge in [0.2, 0.25) is 5.89 Å². The zero-order valence-corrected chi connectivity index (χ0v) is 20.4. The van der Waals surface area contributed by atoms with Crippen LogP contribution in [0.1, 0.15) is 116 Å². The highest BCUT2D eigenvalue weighted by molar-refractivity contribution is 5.70. The maximum Gasteiger partial charge on any atom is 0.307 e. The second-order valence-corrected chi connectivity index (χ2v) is 8.87. The van der Waals surface area contributed by atoms with E-state index in [-0.39, 0.29) is 24.9 Å². The first-order valence-corrected chi connectivity index (χ1v) is 12.3. The van der Waals surface area contributed by atoms with Gasteiger partial charge in [-0.1, -0.05) is 70.9 Å². The van der Waals surface area contributed by atoms with Gasteiger partial charge in [-0.3, -0.25) is 4.79 Å². The highest BCUT2D eigenvalue weighted by Gasteiger charge is 2.27. The summed E-state index contributed by atoms with van der Waals surface area (Å²) in [6.45, 7) is 10.9. The molecule has 1 atom stereocenters. The van der Waals surface area contributed by atoms with Gasteiger partial charge in [-0.15, -0.1) is 0 Å². The molecular weight excluding hydrogens is 394 g/mol. The van der Waals surface area contributed by atoms with Gasteiger partial charge in [-0.05, 0) is 32.6 Å². The van der Waals surface area contributed by atoms with Crippen molar-refractivity contribution < 1.29 is 19.2 Å². The Kier molecular flexibility index (Phi) is 13.7. The summed E-state index contributed by atoms with van der Waals surface area (Å²) in [4.78, 5) is 17.0. The maximum absolute atomic E-state index is 12.5. The Balaban J connectivity index is 0.00000233. The van der Waals surface area contributed by atoms with E-state index in [1.807, 2.05) is 34.6 Å². The van der Waals surface area contributed by atoms with Crippen LogP contribution in [0.3, 0.4) is 0 Å². The number of ether oxygens (including phenoxy) is 1. The first-order valence-electron chi connectivity index (χ1n) is 12.3. The normalized spacial score (nSPS) is 15.8. The zero-order chi connectivity index (χ0) is 23.1. The number of hydrogen-bond acceptors (Lipinski definition) is 7. The van der Waals surface area contributed by atoms with E-state index in [9.17, 15) is 4.79 Å². The summed E-state index contributed by atoms with van der Waals surface area (Å²) in [6, 6.07) is 0. The third kappa shape index (κ3) is 11.1. The minimum atomic E-state index is -0.460. The van der Waals surface area contributed by atoms with Crippen molar-refractivity contribution in [3.63, 3.8) is 0 Å². The molecule has 2 N–H and O–H groups in total. The van der Waals surface area contributed by atoms with Gasteiger partial charge in [-0.25, -0.2) is 0 Å². The summed E-state index contributed by atoms with van der Waals surface area (Å²) in [5.74, 6) is 1.56. The van der Waals surface area contributed by atoms with E-state index < -0.39 is 5.60 Å². The molecule has 0 radical (unpaired) electrons. The summed E-state index contributed by atoms with van der Waals surface area (Å²) in [5, 5.41) is 15.9. The summed E-state index contributed by atoms with van der Waals surface area (Å²) in [7, 11) is 0. The van der Waals surface area contributed by atoms with Gasteiger partial charge in [0.05, 0.1) is 19.6 Å². The molecule has 0 unspecified atom stereocenters. The molecule has 1 fully saturated rings. The predicted octanol–water partition coefficient (Wildman–Crippen LogP) is 5.13. The van der Waals surface area contributed by atoms with Gasteiger partial charge in [-0.2, -0.15) is 4.98 Å². The third-order valence-corrected chi connectivity index (χ3v) is 5.95. The van der Waals surface area contributed by atoms with Crippen molar-refractivity contribution in [3.8, 4) is 0 Å². The number of rotatable bonds is 13. The standard InChI is InChI=1S/C22H39N3O4.C2H6/c1-4-22(2,3)28-20(27)15-18(12-8-11-17-9-6-5-7-10-17)21-24-19(25-29-21)16-23-13-14-26;1-2/h17-18,23,26H,4-16H2,1-3H3;1-2H3/t18-;/m1./s1. The summed E-state index contributed by atoms with van der Waals surface area (Å²) < 4.78 is 11.1. The van der Waals surface area contributed by atoms with Gasteiger partial charge >= 0.3 is 5.97 Å². The molecule has 7 heteroatoms. The number of carbonyl (C=O) groups is 1. The summed E-state index contributed by atoms with van der Waals surface area (Å²) >= 11 is 0. The molecule has 0 amide bonds. The Labute approximate surface area is 188 Å². The Morgan fingerprint density at radius 2 is 2.00 bits per heavy atom. The van der Waals surface area contributed by atoms with E-state index in [1.165, 1.54) is 38.5 Å². The van der Waals surface area contributed by atoms with Crippen LogP contribution < -0.4 is 5.32 Å². The number of nitrogens with one attached hydrogen (secondary N) is 1. The topological polar surface area (TPSA) is 97.5 Å². The van der Waals surface area contributed by atoms with Gasteiger partial charge in [0, 0.05) is 12.5 Å². The van der Waals surface area contributed by atoms with Crippen LogP contribution in [0.2, 0.25) is 0 Å². The summed E-state index contributed by atoms with van der Waals surface area (Å²) in [6.07, 6.45) is 10.9. The monoisotopic (exact) mass is 439 g/mol. The minimum Gasteiger partial charge on any atom is -0.460 e. The van der Waals surface area contributed by atoms with Gasteiger partial charge in [0.15, 0.2) is 5.82 Å². The molecule has 0 saturated heterocycles. The van der Waals surface area contributed by atoms with Crippen molar-refractivity contribution in [1.82, 2.24) is 15.5 Å². The highest BCUT2D eigenvalue weighted by atomic mass is 16.6. The molecule has 0 bridgehead atoms. The van der Waals surface area contributed by atoms with Crippen molar-refractivity contribution in [1.29, 1.82) is 0 Å². The molecule has 0 aliphatic heterocycles. The first-order chi connectivity index (χ1) is 14.9. The Bertz CT molecular complexity index is 597. The fraction of sp³-hybridized carbons (Fsp3) is 0.875. The number of aromatic nitrogens is 2. The van der Waals surface area contributed by atoms with Crippen LogP contribution in [0.15, 0.2) is 4.52 Å². The van der Waals surface area contributed by atoms with E-state index in [0.717, 1.165) is 25.2 Å². The maximum atomic E-state index is 12.5. The number of carbonyl (C=O) groups excluding carboxylic acids is 1. The van der Waals surface area contributed by atoms with Crippen LogP contribution in [0.25, 0.3) is 0 Å². The van der Waals surface area contributed by atoms with Crippen LogP contribution >= 0.6 is 0 Å². The van der Waals surface area contributed by atoms with Crippen LogP contribution in [-0.4, -0.2) is 40.0 Å². The molecule has 1 aliphatic carbocycles. The highest BCUT2D eigenvalue weighted by Crippen LogP contribution is 2.31. The Hall–Kier alpha value is -1.47. The smallest absolute Gasteiger partial charge is 0.307 e. The second-order valence-electron chi connectivity index (χ2n) is 8.87. The van der Waals surface area contributed by atoms with E-state index >= 15 is 0 Å². The van der Waals surface area contributed by atoms with Crippen molar-refractivity contribution in [2.45, 2.75) is 117 Å². The van der Waals surface area contributed by atoms with Crippen LogP contribution in [0, 0.1) is 5.92 Å². The van der Waals surface area contributed by atoms with Crippen LogP contribution in [-0.2, 0) is 16.1 Å². The first kappa shape index (κ1) is 27.6. The number of hydrogen-bond donors (Lipinski definition) is 2. The lowest BCUT2D eigenvalue weighted by molar-refractivity contribution is -0.157. The fourth-order valence-corrected chi connectivity index (χ4v) is 3.85. The second kappa shape index (κ2) is 15.4. The molecular formula is C24H45N3O4. The van der Waals surface area contributed by atoms with Gasteiger partial charge in [0.25, 0.3) is 0 Å². The minimum absolute atomic E-state index is 0.0631. The number of aliphatic hydroxyl groups excluding tert-OH is 1. The predicted molar refractivity (Wildman–Crippen MR) is 123 cm³/mol. The van der Waals surface area contributed by atoms with Crippen molar-refractivity contribution >= 4 is 5.97 Å². The van der Waals surface area contributed by atoms with E-state index in [4.69, 9.17) is 14.4 Å². The SMILES string of the molecule is CC.CCC(C)(C)OC(=O)C[C@@H](CCCC1CCCCC1)c1nc(CNCCO)no1. The molecule has 2 rings (SSSR count). The lowest BCUT2D eigenvalue weighted by Crippen LogP contribution is -2.28. The molecule has 0 spiro atoms. The molecule has 1 aromatic heterocycles. The molecule has 180 valence electrons. The van der Waals surface area contributed by atoms with Crippen molar-refractivity contribution in [3.05, 3.63) is 11.7 Å². The zero-order valence-electron chi connectivity index (χ0n) is 20.4. The number of nitrogens with zero attached hydrogens (tertiary/aromatic N) is 2. The third-order valence-electron chi connectivity index (χ3n) is 5.95. The average molecular weight is 440 g/mol. The van der Waals surface area contributed by atoms with Crippen molar-refractivity contribution in [2.24, 2.45) is 5.92 Å².